The molecule has 5 heterocycles. The summed E-state index contributed by atoms with van der Waals surface area (Å²) in [6, 6.07) is 5.78. The van der Waals surface area contributed by atoms with Crippen molar-refractivity contribution in [3.8, 4) is 5.75 Å². The molecule has 1 N–H and O–H groups in total. The van der Waals surface area contributed by atoms with E-state index >= 15 is 4.39 Å². The number of aliphatic hydroxyl groups is 1. The number of methoxy groups -OCH3 is 1. The molecule has 0 bridgehead atoms. The maximum atomic E-state index is 15.4. The van der Waals surface area contributed by atoms with Crippen LogP contribution in [-0.4, -0.2) is 77.5 Å². The normalized spacial score (nSPS) is 21.9. The minimum atomic E-state index is -1.45. The molecule has 0 aromatic carbocycles. The summed E-state index contributed by atoms with van der Waals surface area (Å²) in [5.74, 6) is 3.40. The SMILES string of the molecule is COc1cccnc1N1CCN(c2nc(C3(F)CCC3)nc3cnc(N4CC[C@H](O)C4)cc23)CC1. The topological polar surface area (TPSA) is 90.7 Å². The second kappa shape index (κ2) is 8.75. The van der Waals surface area contributed by atoms with Gasteiger partial charge in [0.1, 0.15) is 11.6 Å². The summed E-state index contributed by atoms with van der Waals surface area (Å²) >= 11 is 0. The number of fused-ring (bicyclic) bond motifs is 1. The Labute approximate surface area is 203 Å². The number of ether oxygens (including phenoxy) is 1. The van der Waals surface area contributed by atoms with E-state index in [-0.39, 0.29) is 11.9 Å². The average molecular weight is 480 g/mol. The van der Waals surface area contributed by atoms with Gasteiger partial charge in [0.2, 0.25) is 0 Å². The average Bonchev–Trinajstić information content (AvgIpc) is 3.32. The zero-order chi connectivity index (χ0) is 24.0. The zero-order valence-corrected chi connectivity index (χ0v) is 19.9. The van der Waals surface area contributed by atoms with Crippen LogP contribution in [0.1, 0.15) is 31.5 Å². The third-order valence-corrected chi connectivity index (χ3v) is 7.43. The Kier molecular flexibility index (Phi) is 5.55. The summed E-state index contributed by atoms with van der Waals surface area (Å²) < 4.78 is 20.9. The van der Waals surface area contributed by atoms with Crippen LogP contribution in [0.25, 0.3) is 10.9 Å². The number of nitrogens with zero attached hydrogens (tertiary/aromatic N) is 7. The summed E-state index contributed by atoms with van der Waals surface area (Å²) in [5, 5.41) is 10.9. The number of hydrogen-bond donors (Lipinski definition) is 1. The lowest BCUT2D eigenvalue weighted by molar-refractivity contribution is 0.0512. The third kappa shape index (κ3) is 3.99. The Bertz CT molecular complexity index is 1230. The van der Waals surface area contributed by atoms with Crippen molar-refractivity contribution in [2.75, 3.05) is 61.1 Å². The quantitative estimate of drug-likeness (QED) is 0.593. The zero-order valence-electron chi connectivity index (χ0n) is 19.9. The number of halogens is 1. The summed E-state index contributed by atoms with van der Waals surface area (Å²) in [6.45, 7) is 4.23. The highest BCUT2D eigenvalue weighted by atomic mass is 19.1. The van der Waals surface area contributed by atoms with E-state index in [4.69, 9.17) is 9.72 Å². The van der Waals surface area contributed by atoms with E-state index in [1.165, 1.54) is 0 Å². The molecule has 6 rings (SSSR count). The van der Waals surface area contributed by atoms with Crippen molar-refractivity contribution in [3.05, 3.63) is 36.4 Å². The van der Waals surface area contributed by atoms with E-state index in [9.17, 15) is 5.11 Å². The van der Waals surface area contributed by atoms with Crippen LogP contribution in [0.5, 0.6) is 5.75 Å². The second-order valence-electron chi connectivity index (χ2n) is 9.64. The van der Waals surface area contributed by atoms with Crippen molar-refractivity contribution < 1.29 is 14.2 Å². The fourth-order valence-electron chi connectivity index (χ4n) is 5.19. The van der Waals surface area contributed by atoms with E-state index in [1.807, 2.05) is 18.2 Å². The lowest BCUT2D eigenvalue weighted by Crippen LogP contribution is -2.47. The molecule has 0 radical (unpaired) electrons. The minimum Gasteiger partial charge on any atom is -0.493 e. The number of β-amino-alcohol motifs (C(OH)–C–C–N with tert-alkyl or cyclic N) is 1. The molecule has 35 heavy (non-hydrogen) atoms. The Morgan fingerprint density at radius 2 is 1.80 bits per heavy atom. The molecule has 3 aromatic heterocycles. The van der Waals surface area contributed by atoms with Crippen molar-refractivity contribution in [3.63, 3.8) is 0 Å². The van der Waals surface area contributed by atoms with Gasteiger partial charge in [-0.2, -0.15) is 0 Å². The smallest absolute Gasteiger partial charge is 0.171 e. The summed E-state index contributed by atoms with van der Waals surface area (Å²) in [4.78, 5) is 25.1. The van der Waals surface area contributed by atoms with Gasteiger partial charge in [-0.3, -0.25) is 0 Å². The van der Waals surface area contributed by atoms with E-state index < -0.39 is 5.67 Å². The van der Waals surface area contributed by atoms with Gasteiger partial charge in [0, 0.05) is 50.9 Å². The van der Waals surface area contributed by atoms with Gasteiger partial charge in [-0.05, 0) is 43.9 Å². The van der Waals surface area contributed by atoms with Crippen LogP contribution < -0.4 is 19.4 Å². The first kappa shape index (κ1) is 22.2. The van der Waals surface area contributed by atoms with Crippen molar-refractivity contribution in [1.29, 1.82) is 0 Å². The Morgan fingerprint density at radius 3 is 2.46 bits per heavy atom. The van der Waals surface area contributed by atoms with Gasteiger partial charge in [0.15, 0.2) is 23.1 Å². The fraction of sp³-hybridized carbons (Fsp3) is 0.520. The van der Waals surface area contributed by atoms with Crippen LogP contribution in [0.3, 0.4) is 0 Å². The minimum absolute atomic E-state index is 0.270. The maximum Gasteiger partial charge on any atom is 0.171 e. The number of piperazine rings is 1. The molecule has 2 saturated heterocycles. The Hall–Kier alpha value is -3.27. The van der Waals surface area contributed by atoms with Crippen LogP contribution in [-0.2, 0) is 5.67 Å². The third-order valence-electron chi connectivity index (χ3n) is 7.43. The lowest BCUT2D eigenvalue weighted by Gasteiger charge is -2.38. The van der Waals surface area contributed by atoms with Crippen LogP contribution in [0.15, 0.2) is 30.6 Å². The van der Waals surface area contributed by atoms with Crippen molar-refractivity contribution >= 4 is 28.4 Å². The molecular formula is C25H30FN7O2. The number of aliphatic hydroxyl groups excluding tert-OH is 1. The number of pyridine rings is 2. The van der Waals surface area contributed by atoms with Gasteiger partial charge in [0.05, 0.1) is 24.9 Å². The van der Waals surface area contributed by atoms with E-state index in [1.54, 1.807) is 19.5 Å². The number of aromatic nitrogens is 4. The number of alkyl halides is 1. The molecule has 0 spiro atoms. The van der Waals surface area contributed by atoms with Crippen LogP contribution in [0.2, 0.25) is 0 Å². The van der Waals surface area contributed by atoms with Crippen LogP contribution >= 0.6 is 0 Å². The highest BCUT2D eigenvalue weighted by molar-refractivity contribution is 5.91. The van der Waals surface area contributed by atoms with E-state index in [0.717, 1.165) is 61.1 Å². The molecule has 0 amide bonds. The second-order valence-corrected chi connectivity index (χ2v) is 9.64. The number of anilines is 3. The molecule has 1 atom stereocenters. The van der Waals surface area contributed by atoms with Gasteiger partial charge in [0.25, 0.3) is 0 Å². The lowest BCUT2D eigenvalue weighted by atomic mass is 9.81. The monoisotopic (exact) mass is 479 g/mol. The predicted molar refractivity (Wildman–Crippen MR) is 132 cm³/mol. The molecule has 1 saturated carbocycles. The van der Waals surface area contributed by atoms with Crippen LogP contribution in [0.4, 0.5) is 21.8 Å². The van der Waals surface area contributed by atoms with Gasteiger partial charge >= 0.3 is 0 Å². The molecule has 3 fully saturated rings. The highest BCUT2D eigenvalue weighted by Crippen LogP contribution is 2.44. The van der Waals surface area contributed by atoms with Crippen molar-refractivity contribution in [1.82, 2.24) is 19.9 Å². The van der Waals surface area contributed by atoms with Gasteiger partial charge in [-0.1, -0.05) is 0 Å². The maximum absolute atomic E-state index is 15.4. The first-order valence-electron chi connectivity index (χ1n) is 12.3. The molecule has 2 aliphatic heterocycles. The predicted octanol–water partition coefficient (Wildman–Crippen LogP) is 2.67. The molecule has 1 aliphatic carbocycles. The number of hydrogen-bond acceptors (Lipinski definition) is 9. The molecule has 9 nitrogen and oxygen atoms in total. The van der Waals surface area contributed by atoms with Gasteiger partial charge < -0.3 is 24.5 Å². The van der Waals surface area contributed by atoms with Gasteiger partial charge in [-0.25, -0.2) is 24.3 Å². The van der Waals surface area contributed by atoms with E-state index in [0.29, 0.717) is 38.0 Å². The summed E-state index contributed by atoms with van der Waals surface area (Å²) in [6.07, 6.45) is 5.66. The molecule has 3 aliphatic rings. The molecule has 184 valence electrons. The Balaban J connectivity index is 1.34. The largest absolute Gasteiger partial charge is 0.493 e. The van der Waals surface area contributed by atoms with Crippen LogP contribution in [0, 0.1) is 0 Å². The van der Waals surface area contributed by atoms with Gasteiger partial charge in [-0.15, -0.1) is 0 Å². The molecule has 0 unspecified atom stereocenters. The first-order chi connectivity index (χ1) is 17.0. The summed E-state index contributed by atoms with van der Waals surface area (Å²) in [7, 11) is 1.66. The van der Waals surface area contributed by atoms with E-state index in [2.05, 4.69) is 29.7 Å². The fourth-order valence-corrected chi connectivity index (χ4v) is 5.19. The molecular weight excluding hydrogens is 449 g/mol. The highest BCUT2D eigenvalue weighted by Gasteiger charge is 2.42. The first-order valence-corrected chi connectivity index (χ1v) is 12.3. The van der Waals surface area contributed by atoms with Crippen molar-refractivity contribution in [2.24, 2.45) is 0 Å². The number of rotatable bonds is 5. The van der Waals surface area contributed by atoms with Crippen molar-refractivity contribution in [2.45, 2.75) is 37.5 Å². The molecule has 3 aromatic rings. The standard InChI is InChI=1S/C25H30FN7O2/c1-35-20-4-2-8-27-23(20)32-12-10-31(11-13-32)22-18-14-21(33-9-5-17(34)16-33)28-15-19(18)29-24(30-22)25(26)6-3-7-25/h2,4,8,14-15,17,34H,3,5-7,9-13,16H2,1H3/t17-/m0/s1. The summed E-state index contributed by atoms with van der Waals surface area (Å²) in [5.41, 5.74) is -0.796. The molecule has 10 heteroatoms. The Morgan fingerprint density at radius 1 is 1.03 bits per heavy atom.